The minimum absolute atomic E-state index is 0.103. The van der Waals surface area contributed by atoms with Crippen LogP contribution in [-0.2, 0) is 0 Å². The molecule has 2 nitrogen and oxygen atoms in total. The number of aliphatic hydroxyl groups excluding tert-OH is 1. The van der Waals surface area contributed by atoms with E-state index in [9.17, 15) is 18.3 Å². The Labute approximate surface area is 117 Å². The summed E-state index contributed by atoms with van der Waals surface area (Å²) in [5.74, 6) is 0. The van der Waals surface area contributed by atoms with Crippen LogP contribution in [0.4, 0.5) is 18.9 Å². The Kier molecular flexibility index (Phi) is 4.91. The van der Waals surface area contributed by atoms with Crippen LogP contribution in [0.25, 0.3) is 0 Å². The van der Waals surface area contributed by atoms with Crippen LogP contribution in [0.1, 0.15) is 43.8 Å². The average Bonchev–Trinajstić information content (AvgIpc) is 2.37. The quantitative estimate of drug-likeness (QED) is 0.887. The number of rotatable bonds is 2. The van der Waals surface area contributed by atoms with E-state index in [4.69, 9.17) is 0 Å². The highest BCUT2D eigenvalue weighted by atomic mass is 19.4. The molecule has 1 atom stereocenters. The number of anilines is 1. The smallest absolute Gasteiger partial charge is 0.379 e. The minimum Gasteiger partial charge on any atom is -0.379 e. The summed E-state index contributed by atoms with van der Waals surface area (Å²) in [6.45, 7) is 1.89. The van der Waals surface area contributed by atoms with Crippen LogP contribution < -0.4 is 4.90 Å². The van der Waals surface area contributed by atoms with Crippen molar-refractivity contribution in [3.63, 3.8) is 0 Å². The van der Waals surface area contributed by atoms with Gasteiger partial charge in [-0.2, -0.15) is 13.2 Å². The van der Waals surface area contributed by atoms with Gasteiger partial charge in [-0.05, 0) is 30.5 Å². The fourth-order valence-corrected chi connectivity index (χ4v) is 2.56. The number of hydrogen-bond acceptors (Lipinski definition) is 2. The van der Waals surface area contributed by atoms with Crippen LogP contribution in [0.2, 0.25) is 0 Å². The maximum atomic E-state index is 12.4. The number of hydrogen-bond donors (Lipinski definition) is 1. The molecule has 1 fully saturated rings. The van der Waals surface area contributed by atoms with Crippen LogP contribution in [0.15, 0.2) is 24.3 Å². The number of alkyl halides is 3. The van der Waals surface area contributed by atoms with E-state index in [-0.39, 0.29) is 5.56 Å². The maximum absolute atomic E-state index is 12.4. The van der Waals surface area contributed by atoms with Crippen molar-refractivity contribution in [2.24, 2.45) is 0 Å². The molecule has 2 rings (SSSR count). The Hall–Kier alpha value is -1.23. The van der Waals surface area contributed by atoms with E-state index in [2.05, 4.69) is 4.90 Å². The molecule has 1 unspecified atom stereocenters. The van der Waals surface area contributed by atoms with Gasteiger partial charge in [-0.1, -0.05) is 31.4 Å². The topological polar surface area (TPSA) is 23.5 Å². The lowest BCUT2D eigenvalue weighted by molar-refractivity contribution is -0.206. The van der Waals surface area contributed by atoms with E-state index in [1.165, 1.54) is 31.4 Å². The zero-order valence-corrected chi connectivity index (χ0v) is 11.4. The summed E-state index contributed by atoms with van der Waals surface area (Å²) in [7, 11) is 0. The van der Waals surface area contributed by atoms with Gasteiger partial charge in [0.15, 0.2) is 6.10 Å². The monoisotopic (exact) mass is 287 g/mol. The third kappa shape index (κ3) is 3.88. The first-order valence-electron chi connectivity index (χ1n) is 7.08. The minimum atomic E-state index is -4.61. The number of nitrogens with zero attached hydrogens (tertiary/aromatic N) is 1. The van der Waals surface area contributed by atoms with Gasteiger partial charge in [-0.3, -0.25) is 0 Å². The molecule has 20 heavy (non-hydrogen) atoms. The molecule has 0 saturated carbocycles. The standard InChI is InChI=1S/C15H20F3NO/c16-15(17,18)14(20)12-6-8-13(9-7-12)19-10-4-2-1-3-5-11-19/h6-9,14,20H,1-5,10-11H2. The van der Waals surface area contributed by atoms with Crippen LogP contribution in [0.5, 0.6) is 0 Å². The summed E-state index contributed by atoms with van der Waals surface area (Å²) in [5, 5.41) is 9.20. The molecular formula is C15H20F3NO. The first kappa shape index (κ1) is 15.2. The molecule has 0 bridgehead atoms. The first-order chi connectivity index (χ1) is 9.48. The van der Waals surface area contributed by atoms with Gasteiger partial charge in [0.1, 0.15) is 0 Å². The van der Waals surface area contributed by atoms with Gasteiger partial charge < -0.3 is 10.0 Å². The van der Waals surface area contributed by atoms with Crippen LogP contribution >= 0.6 is 0 Å². The SMILES string of the molecule is OC(c1ccc(N2CCCCCCC2)cc1)C(F)(F)F. The van der Waals surface area contributed by atoms with Crippen LogP contribution in [0, 0.1) is 0 Å². The molecule has 0 amide bonds. The molecule has 1 N–H and O–H groups in total. The van der Waals surface area contributed by atoms with Crippen LogP contribution in [-0.4, -0.2) is 24.4 Å². The number of benzene rings is 1. The van der Waals surface area contributed by atoms with E-state index in [1.807, 2.05) is 0 Å². The van der Waals surface area contributed by atoms with Gasteiger partial charge >= 0.3 is 6.18 Å². The second-order valence-electron chi connectivity index (χ2n) is 5.29. The fourth-order valence-electron chi connectivity index (χ4n) is 2.56. The Morgan fingerprint density at radius 3 is 1.90 bits per heavy atom. The molecule has 0 aromatic heterocycles. The third-order valence-corrected chi connectivity index (χ3v) is 3.74. The van der Waals surface area contributed by atoms with E-state index < -0.39 is 12.3 Å². The van der Waals surface area contributed by atoms with Gasteiger partial charge in [-0.25, -0.2) is 0 Å². The molecular weight excluding hydrogens is 267 g/mol. The third-order valence-electron chi connectivity index (χ3n) is 3.74. The second-order valence-corrected chi connectivity index (χ2v) is 5.29. The highest BCUT2D eigenvalue weighted by Gasteiger charge is 2.39. The van der Waals surface area contributed by atoms with Gasteiger partial charge in [0.25, 0.3) is 0 Å². The predicted octanol–water partition coefficient (Wildman–Crippen LogP) is 4.05. The fraction of sp³-hybridized carbons (Fsp3) is 0.600. The van der Waals surface area contributed by atoms with Crippen molar-refractivity contribution in [3.8, 4) is 0 Å². The van der Waals surface area contributed by atoms with Gasteiger partial charge in [0, 0.05) is 18.8 Å². The summed E-state index contributed by atoms with van der Waals surface area (Å²) in [6.07, 6.45) is -1.08. The normalized spacial score (nSPS) is 19.3. The van der Waals surface area contributed by atoms with E-state index in [0.717, 1.165) is 31.6 Å². The van der Waals surface area contributed by atoms with Crippen molar-refractivity contribution < 1.29 is 18.3 Å². The van der Waals surface area contributed by atoms with E-state index >= 15 is 0 Å². The molecule has 0 spiro atoms. The largest absolute Gasteiger partial charge is 0.418 e. The summed E-state index contributed by atoms with van der Waals surface area (Å²) >= 11 is 0. The van der Waals surface area contributed by atoms with E-state index in [1.54, 1.807) is 12.1 Å². The Balaban J connectivity index is 2.06. The van der Waals surface area contributed by atoms with Crippen LogP contribution in [0.3, 0.4) is 0 Å². The second kappa shape index (κ2) is 6.48. The zero-order chi connectivity index (χ0) is 14.6. The molecule has 5 heteroatoms. The highest BCUT2D eigenvalue weighted by Crippen LogP contribution is 2.33. The lowest BCUT2D eigenvalue weighted by Gasteiger charge is -2.27. The van der Waals surface area contributed by atoms with Crippen molar-refractivity contribution in [2.45, 2.75) is 44.4 Å². The maximum Gasteiger partial charge on any atom is 0.418 e. The first-order valence-corrected chi connectivity index (χ1v) is 7.08. The van der Waals surface area contributed by atoms with Crippen molar-refractivity contribution in [3.05, 3.63) is 29.8 Å². The highest BCUT2D eigenvalue weighted by molar-refractivity contribution is 5.48. The molecule has 112 valence electrons. The zero-order valence-electron chi connectivity index (χ0n) is 11.4. The van der Waals surface area contributed by atoms with Gasteiger partial charge in [-0.15, -0.1) is 0 Å². The number of halogens is 3. The molecule has 1 heterocycles. The average molecular weight is 287 g/mol. The Morgan fingerprint density at radius 1 is 0.900 bits per heavy atom. The molecule has 0 aliphatic carbocycles. The molecule has 1 aliphatic rings. The summed E-state index contributed by atoms with van der Waals surface area (Å²) < 4.78 is 37.3. The van der Waals surface area contributed by atoms with Crippen molar-refractivity contribution in [1.29, 1.82) is 0 Å². The molecule has 1 saturated heterocycles. The predicted molar refractivity (Wildman–Crippen MR) is 72.8 cm³/mol. The van der Waals surface area contributed by atoms with Gasteiger partial charge in [0.2, 0.25) is 0 Å². The molecule has 1 aromatic carbocycles. The lowest BCUT2D eigenvalue weighted by atomic mass is 10.1. The molecule has 1 aromatic rings. The van der Waals surface area contributed by atoms with Crippen molar-refractivity contribution in [1.82, 2.24) is 0 Å². The van der Waals surface area contributed by atoms with Crippen molar-refractivity contribution in [2.75, 3.05) is 18.0 Å². The summed E-state index contributed by atoms with van der Waals surface area (Å²) in [6, 6.07) is 6.08. The molecule has 0 radical (unpaired) electrons. The summed E-state index contributed by atoms with van der Waals surface area (Å²) in [5.41, 5.74) is 0.832. The lowest BCUT2D eigenvalue weighted by Crippen LogP contribution is -2.27. The number of aliphatic hydroxyl groups is 1. The Morgan fingerprint density at radius 2 is 1.40 bits per heavy atom. The van der Waals surface area contributed by atoms with Crippen molar-refractivity contribution >= 4 is 5.69 Å². The van der Waals surface area contributed by atoms with E-state index in [0.29, 0.717) is 0 Å². The molecule has 1 aliphatic heterocycles. The Bertz CT molecular complexity index is 408. The van der Waals surface area contributed by atoms with Gasteiger partial charge in [0.05, 0.1) is 0 Å². The summed E-state index contributed by atoms with van der Waals surface area (Å²) in [4.78, 5) is 2.21.